The van der Waals surface area contributed by atoms with Crippen molar-refractivity contribution in [2.75, 3.05) is 38.0 Å². The predicted octanol–water partition coefficient (Wildman–Crippen LogP) is 3.45. The van der Waals surface area contributed by atoms with Crippen molar-refractivity contribution in [2.24, 2.45) is 0 Å². The summed E-state index contributed by atoms with van der Waals surface area (Å²) in [5, 5.41) is 4.80. The van der Waals surface area contributed by atoms with E-state index in [1.807, 2.05) is 62.5 Å². The van der Waals surface area contributed by atoms with E-state index in [4.69, 9.17) is 4.74 Å². The van der Waals surface area contributed by atoms with Crippen LogP contribution >= 0.6 is 11.3 Å². The van der Waals surface area contributed by atoms with E-state index in [-0.39, 0.29) is 24.5 Å². The molecular formula is C20H27N3O3S. The highest BCUT2D eigenvalue weighted by Crippen LogP contribution is 2.26. The van der Waals surface area contributed by atoms with Gasteiger partial charge in [0.05, 0.1) is 4.88 Å². The van der Waals surface area contributed by atoms with Gasteiger partial charge in [0.15, 0.2) is 0 Å². The minimum absolute atomic E-state index is 0.0343. The Morgan fingerprint density at radius 1 is 1.22 bits per heavy atom. The highest BCUT2D eigenvalue weighted by molar-refractivity contribution is 7.12. The Balaban J connectivity index is 2.29. The quantitative estimate of drug-likeness (QED) is 0.751. The Kier molecular flexibility index (Phi) is 7.38. The molecule has 0 aliphatic carbocycles. The Hall–Kier alpha value is -2.38. The van der Waals surface area contributed by atoms with Crippen molar-refractivity contribution in [3.05, 3.63) is 46.2 Å². The van der Waals surface area contributed by atoms with E-state index in [1.54, 1.807) is 11.0 Å². The van der Waals surface area contributed by atoms with Gasteiger partial charge in [-0.15, -0.1) is 11.3 Å². The average Bonchev–Trinajstić information content (AvgIpc) is 3.14. The molecule has 0 saturated carbocycles. The van der Waals surface area contributed by atoms with Gasteiger partial charge in [-0.1, -0.05) is 6.07 Å². The first-order valence-electron chi connectivity index (χ1n) is 8.77. The molecule has 1 N–H and O–H groups in total. The van der Waals surface area contributed by atoms with E-state index in [0.29, 0.717) is 17.1 Å². The lowest BCUT2D eigenvalue weighted by Gasteiger charge is -2.29. The molecule has 0 bridgehead atoms. The van der Waals surface area contributed by atoms with Crippen molar-refractivity contribution in [3.63, 3.8) is 0 Å². The maximum absolute atomic E-state index is 12.4. The molecular weight excluding hydrogens is 362 g/mol. The van der Waals surface area contributed by atoms with Crippen LogP contribution in [0.15, 0.2) is 35.7 Å². The highest BCUT2D eigenvalue weighted by Gasteiger charge is 2.19. The topological polar surface area (TPSA) is 61.9 Å². The molecule has 0 spiro atoms. The van der Waals surface area contributed by atoms with E-state index in [1.165, 1.54) is 18.4 Å². The van der Waals surface area contributed by atoms with Gasteiger partial charge in [-0.05, 0) is 49.1 Å². The number of thiophene rings is 1. The van der Waals surface area contributed by atoms with Gasteiger partial charge in [0.25, 0.3) is 5.91 Å². The summed E-state index contributed by atoms with van der Waals surface area (Å²) >= 11 is 1.40. The zero-order chi connectivity index (χ0) is 20.0. The average molecular weight is 390 g/mol. The SMILES string of the molecule is COCC(=O)N(Cc1cc(NC(=O)c2cccs2)ccc1N(C)C)C(C)C. The second-order valence-electron chi connectivity index (χ2n) is 6.72. The van der Waals surface area contributed by atoms with Crippen molar-refractivity contribution < 1.29 is 14.3 Å². The molecule has 0 radical (unpaired) electrons. The molecule has 6 nitrogen and oxygen atoms in total. The first kappa shape index (κ1) is 20.9. The monoisotopic (exact) mass is 389 g/mol. The van der Waals surface area contributed by atoms with Crippen LogP contribution in [-0.4, -0.2) is 50.6 Å². The summed E-state index contributed by atoms with van der Waals surface area (Å²) in [6.07, 6.45) is 0. The summed E-state index contributed by atoms with van der Waals surface area (Å²) in [4.78, 5) is 29.2. The predicted molar refractivity (Wildman–Crippen MR) is 111 cm³/mol. The summed E-state index contributed by atoms with van der Waals surface area (Å²) in [5.41, 5.74) is 2.67. The van der Waals surface area contributed by atoms with Crippen LogP contribution in [0.5, 0.6) is 0 Å². The van der Waals surface area contributed by atoms with E-state index >= 15 is 0 Å². The fourth-order valence-electron chi connectivity index (χ4n) is 2.78. The van der Waals surface area contributed by atoms with Gasteiger partial charge in [-0.2, -0.15) is 0 Å². The molecule has 0 aliphatic heterocycles. The summed E-state index contributed by atoms with van der Waals surface area (Å²) in [6, 6.07) is 9.43. The maximum Gasteiger partial charge on any atom is 0.265 e. The number of hydrogen-bond donors (Lipinski definition) is 1. The van der Waals surface area contributed by atoms with E-state index in [9.17, 15) is 9.59 Å². The summed E-state index contributed by atoms with van der Waals surface area (Å²) in [6.45, 7) is 4.44. The number of rotatable bonds is 8. The molecule has 0 unspecified atom stereocenters. The third kappa shape index (κ3) is 5.55. The van der Waals surface area contributed by atoms with Crippen LogP contribution in [0.4, 0.5) is 11.4 Å². The standard InChI is InChI=1S/C20H27N3O3S/c1-14(2)23(19(24)13-26-5)12-15-11-16(8-9-17(15)22(3)4)21-20(25)18-7-6-10-27-18/h6-11,14H,12-13H2,1-5H3,(H,21,25). The van der Waals surface area contributed by atoms with Gasteiger partial charge in [0.1, 0.15) is 6.61 Å². The van der Waals surface area contributed by atoms with Crippen LogP contribution in [0.3, 0.4) is 0 Å². The number of hydrogen-bond acceptors (Lipinski definition) is 5. The summed E-state index contributed by atoms with van der Waals surface area (Å²) in [5.74, 6) is -0.199. The largest absolute Gasteiger partial charge is 0.377 e. The third-order valence-electron chi connectivity index (χ3n) is 4.12. The number of nitrogens with one attached hydrogen (secondary N) is 1. The Morgan fingerprint density at radius 3 is 2.52 bits per heavy atom. The van der Waals surface area contributed by atoms with Gasteiger partial charge >= 0.3 is 0 Å². The van der Waals surface area contributed by atoms with Crippen LogP contribution in [0.25, 0.3) is 0 Å². The molecule has 146 valence electrons. The molecule has 0 saturated heterocycles. The zero-order valence-corrected chi connectivity index (χ0v) is 17.3. The van der Waals surface area contributed by atoms with Crippen LogP contribution in [0.1, 0.15) is 29.1 Å². The Labute approximate surface area is 164 Å². The van der Waals surface area contributed by atoms with Crippen molar-refractivity contribution in [3.8, 4) is 0 Å². The van der Waals surface area contributed by atoms with Crippen molar-refractivity contribution in [2.45, 2.75) is 26.4 Å². The zero-order valence-electron chi connectivity index (χ0n) is 16.5. The number of ether oxygens (including phenoxy) is 1. The number of carbonyl (C=O) groups excluding carboxylic acids is 2. The van der Waals surface area contributed by atoms with Crippen LogP contribution in [-0.2, 0) is 16.1 Å². The van der Waals surface area contributed by atoms with Gasteiger partial charge in [-0.25, -0.2) is 0 Å². The molecule has 0 atom stereocenters. The molecule has 2 amide bonds. The first-order valence-corrected chi connectivity index (χ1v) is 9.65. The van der Waals surface area contributed by atoms with Crippen molar-refractivity contribution in [1.29, 1.82) is 0 Å². The number of benzene rings is 1. The maximum atomic E-state index is 12.4. The molecule has 1 heterocycles. The first-order chi connectivity index (χ1) is 12.8. The van der Waals surface area contributed by atoms with Gasteiger partial charge in [-0.3, -0.25) is 9.59 Å². The molecule has 2 aromatic rings. The van der Waals surface area contributed by atoms with E-state index < -0.39 is 0 Å². The minimum Gasteiger partial charge on any atom is -0.377 e. The normalized spacial score (nSPS) is 10.7. The molecule has 0 fully saturated rings. The van der Waals surface area contributed by atoms with Gasteiger partial charge in [0, 0.05) is 45.2 Å². The number of nitrogens with zero attached hydrogens (tertiary/aromatic N) is 2. The minimum atomic E-state index is -0.135. The molecule has 1 aromatic carbocycles. The lowest BCUT2D eigenvalue weighted by molar-refractivity contribution is -0.137. The molecule has 27 heavy (non-hydrogen) atoms. The smallest absolute Gasteiger partial charge is 0.265 e. The molecule has 7 heteroatoms. The summed E-state index contributed by atoms with van der Waals surface area (Å²) in [7, 11) is 5.43. The fraction of sp³-hybridized carbons (Fsp3) is 0.400. The lowest BCUT2D eigenvalue weighted by atomic mass is 10.1. The Morgan fingerprint density at radius 2 is 1.96 bits per heavy atom. The number of carbonyl (C=O) groups is 2. The third-order valence-corrected chi connectivity index (χ3v) is 4.98. The molecule has 1 aromatic heterocycles. The van der Waals surface area contributed by atoms with Crippen molar-refractivity contribution in [1.82, 2.24) is 4.90 Å². The van der Waals surface area contributed by atoms with Gasteiger partial charge < -0.3 is 19.9 Å². The van der Waals surface area contributed by atoms with Crippen molar-refractivity contribution >= 4 is 34.5 Å². The number of anilines is 2. The number of amides is 2. The fourth-order valence-corrected chi connectivity index (χ4v) is 3.39. The Bertz CT molecular complexity index is 773. The van der Waals surface area contributed by atoms with Crippen LogP contribution < -0.4 is 10.2 Å². The lowest BCUT2D eigenvalue weighted by Crippen LogP contribution is -2.39. The van der Waals surface area contributed by atoms with Crippen LogP contribution in [0.2, 0.25) is 0 Å². The number of methoxy groups -OCH3 is 1. The van der Waals surface area contributed by atoms with E-state index in [2.05, 4.69) is 5.32 Å². The van der Waals surface area contributed by atoms with Crippen LogP contribution in [0, 0.1) is 0 Å². The molecule has 2 rings (SSSR count). The van der Waals surface area contributed by atoms with Gasteiger partial charge in [0.2, 0.25) is 5.91 Å². The van der Waals surface area contributed by atoms with E-state index in [0.717, 1.165) is 11.3 Å². The highest BCUT2D eigenvalue weighted by atomic mass is 32.1. The second kappa shape index (κ2) is 9.53. The molecule has 0 aliphatic rings. The second-order valence-corrected chi connectivity index (χ2v) is 7.67. The summed E-state index contributed by atoms with van der Waals surface area (Å²) < 4.78 is 5.01.